The summed E-state index contributed by atoms with van der Waals surface area (Å²) < 4.78 is 33.0. The Labute approximate surface area is 180 Å². The third-order valence-corrected chi connectivity index (χ3v) is 7.93. The molecule has 2 aliphatic rings. The smallest absolute Gasteiger partial charge is 0.321 e. The van der Waals surface area contributed by atoms with Gasteiger partial charge in [0.1, 0.15) is 5.75 Å². The average Bonchev–Trinajstić information content (AvgIpc) is 3.22. The van der Waals surface area contributed by atoms with Crippen molar-refractivity contribution in [2.24, 2.45) is 0 Å². The molecule has 1 aromatic carbocycles. The van der Waals surface area contributed by atoms with Crippen molar-refractivity contribution in [2.75, 3.05) is 18.4 Å². The molecule has 0 aromatic heterocycles. The molecule has 1 aliphatic heterocycles. The van der Waals surface area contributed by atoms with Crippen LogP contribution in [-0.2, 0) is 16.4 Å². The van der Waals surface area contributed by atoms with Gasteiger partial charge < -0.3 is 15.0 Å². The maximum Gasteiger partial charge on any atom is 0.321 e. The summed E-state index contributed by atoms with van der Waals surface area (Å²) in [5.74, 6) is 0.917. The van der Waals surface area contributed by atoms with E-state index in [9.17, 15) is 13.2 Å². The second kappa shape index (κ2) is 10.0. The predicted octanol–water partition coefficient (Wildman–Crippen LogP) is 3.89. The van der Waals surface area contributed by atoms with Crippen LogP contribution in [0.3, 0.4) is 0 Å². The van der Waals surface area contributed by atoms with Gasteiger partial charge in [-0.2, -0.15) is 0 Å². The molecular weight excluding hydrogens is 402 g/mol. The highest BCUT2D eigenvalue weighted by atomic mass is 32.2. The van der Waals surface area contributed by atoms with Gasteiger partial charge in [0.15, 0.2) is 0 Å². The van der Waals surface area contributed by atoms with Gasteiger partial charge in [0.25, 0.3) is 0 Å². The summed E-state index contributed by atoms with van der Waals surface area (Å²) >= 11 is 0. The molecule has 1 aromatic rings. The third-order valence-electron chi connectivity index (χ3n) is 6.02. The van der Waals surface area contributed by atoms with Crippen LogP contribution in [0.15, 0.2) is 18.2 Å². The molecule has 8 heteroatoms. The first-order valence-corrected chi connectivity index (χ1v) is 12.7. The van der Waals surface area contributed by atoms with Crippen molar-refractivity contribution in [3.05, 3.63) is 23.8 Å². The topological polar surface area (TPSA) is 87.7 Å². The van der Waals surface area contributed by atoms with Gasteiger partial charge in [-0.25, -0.2) is 17.9 Å². The molecule has 2 fully saturated rings. The van der Waals surface area contributed by atoms with Gasteiger partial charge >= 0.3 is 6.03 Å². The van der Waals surface area contributed by atoms with Crippen LogP contribution in [0.5, 0.6) is 5.75 Å². The number of rotatable bonds is 7. The number of sulfonamides is 1. The number of amides is 2. The minimum Gasteiger partial charge on any atom is -0.490 e. The first-order chi connectivity index (χ1) is 14.3. The van der Waals surface area contributed by atoms with E-state index in [1.165, 1.54) is 12.8 Å². The van der Waals surface area contributed by atoms with E-state index in [-0.39, 0.29) is 12.1 Å². The van der Waals surface area contributed by atoms with Crippen LogP contribution in [0, 0.1) is 0 Å². The molecule has 1 heterocycles. The molecule has 0 radical (unpaired) electrons. The van der Waals surface area contributed by atoms with Gasteiger partial charge in [-0.05, 0) is 82.6 Å². The number of piperidine rings is 1. The number of ether oxygens (including phenoxy) is 1. The number of aryl methyl sites for hydroxylation is 1. The average molecular weight is 438 g/mol. The number of anilines is 1. The maximum absolute atomic E-state index is 12.7. The SMILES string of the molecule is CCc1cc(NC(=O)N2CCC(NS(=O)(=O)C(C)C)CC2)ccc1OC1CCCC1. The van der Waals surface area contributed by atoms with E-state index in [1.807, 2.05) is 18.2 Å². The number of urea groups is 1. The molecule has 2 N–H and O–H groups in total. The van der Waals surface area contributed by atoms with Gasteiger partial charge in [-0.1, -0.05) is 6.92 Å². The summed E-state index contributed by atoms with van der Waals surface area (Å²) in [6.07, 6.45) is 7.08. The van der Waals surface area contributed by atoms with Crippen molar-refractivity contribution in [2.45, 2.75) is 83.1 Å². The van der Waals surface area contributed by atoms with Crippen LogP contribution in [0.2, 0.25) is 0 Å². The zero-order valence-corrected chi connectivity index (χ0v) is 19.1. The number of hydrogen-bond acceptors (Lipinski definition) is 4. The lowest BCUT2D eigenvalue weighted by Gasteiger charge is -2.32. The molecule has 0 spiro atoms. The number of hydrogen-bond donors (Lipinski definition) is 2. The van der Waals surface area contributed by atoms with Crippen molar-refractivity contribution >= 4 is 21.7 Å². The van der Waals surface area contributed by atoms with Crippen LogP contribution in [0.4, 0.5) is 10.5 Å². The van der Waals surface area contributed by atoms with Gasteiger partial charge in [0.2, 0.25) is 10.0 Å². The summed E-state index contributed by atoms with van der Waals surface area (Å²) in [6, 6.07) is 5.59. The Hall–Kier alpha value is -1.80. The largest absolute Gasteiger partial charge is 0.490 e. The minimum absolute atomic E-state index is 0.111. The molecule has 0 atom stereocenters. The zero-order valence-electron chi connectivity index (χ0n) is 18.3. The van der Waals surface area contributed by atoms with Gasteiger partial charge in [0.05, 0.1) is 11.4 Å². The van der Waals surface area contributed by atoms with Gasteiger partial charge in [0, 0.05) is 24.8 Å². The second-order valence-electron chi connectivity index (χ2n) is 8.60. The van der Waals surface area contributed by atoms with Gasteiger partial charge in [-0.3, -0.25) is 0 Å². The van der Waals surface area contributed by atoms with Crippen LogP contribution >= 0.6 is 0 Å². The number of carbonyl (C=O) groups excluding carboxylic acids is 1. The molecule has 30 heavy (non-hydrogen) atoms. The number of nitrogens with zero attached hydrogens (tertiary/aromatic N) is 1. The van der Waals surface area contributed by atoms with E-state index >= 15 is 0 Å². The zero-order chi connectivity index (χ0) is 21.7. The van der Waals surface area contributed by atoms with E-state index in [4.69, 9.17) is 4.74 Å². The molecule has 7 nitrogen and oxygen atoms in total. The van der Waals surface area contributed by atoms with E-state index in [0.717, 1.165) is 36.3 Å². The minimum atomic E-state index is -3.29. The van der Waals surface area contributed by atoms with Crippen molar-refractivity contribution in [3.63, 3.8) is 0 Å². The van der Waals surface area contributed by atoms with E-state index < -0.39 is 15.3 Å². The van der Waals surface area contributed by atoms with E-state index in [0.29, 0.717) is 32.0 Å². The van der Waals surface area contributed by atoms with Crippen molar-refractivity contribution in [1.29, 1.82) is 0 Å². The Morgan fingerprint density at radius 3 is 2.43 bits per heavy atom. The first-order valence-electron chi connectivity index (χ1n) is 11.1. The predicted molar refractivity (Wildman–Crippen MR) is 120 cm³/mol. The standard InChI is InChI=1S/C22H35N3O4S/c1-4-17-15-19(9-10-21(17)29-20-7-5-6-8-20)23-22(26)25-13-11-18(12-14-25)24-30(27,28)16(2)3/h9-10,15-16,18,20,24H,4-8,11-14H2,1-3H3,(H,23,26). The molecule has 3 rings (SSSR count). The number of carbonyl (C=O) groups is 1. The summed E-state index contributed by atoms with van der Waals surface area (Å²) in [5.41, 5.74) is 1.86. The Morgan fingerprint density at radius 2 is 1.83 bits per heavy atom. The van der Waals surface area contributed by atoms with E-state index in [2.05, 4.69) is 17.0 Å². The fraction of sp³-hybridized carbons (Fsp3) is 0.682. The van der Waals surface area contributed by atoms with Crippen LogP contribution < -0.4 is 14.8 Å². The lowest BCUT2D eigenvalue weighted by Crippen LogP contribution is -2.48. The quantitative estimate of drug-likeness (QED) is 0.677. The molecule has 1 aliphatic carbocycles. The normalized spacial score (nSPS) is 18.7. The lowest BCUT2D eigenvalue weighted by molar-refractivity contribution is 0.193. The Kier molecular flexibility index (Phi) is 7.63. The van der Waals surface area contributed by atoms with E-state index in [1.54, 1.807) is 18.7 Å². The molecule has 168 valence electrons. The highest BCUT2D eigenvalue weighted by Gasteiger charge is 2.27. The van der Waals surface area contributed by atoms with Crippen LogP contribution in [-0.4, -0.2) is 49.8 Å². The number of benzene rings is 1. The van der Waals surface area contributed by atoms with Crippen LogP contribution in [0.25, 0.3) is 0 Å². The summed E-state index contributed by atoms with van der Waals surface area (Å²) in [5, 5.41) is 2.53. The number of nitrogens with one attached hydrogen (secondary N) is 2. The second-order valence-corrected chi connectivity index (χ2v) is 10.9. The van der Waals surface area contributed by atoms with Crippen molar-refractivity contribution < 1.29 is 17.9 Å². The highest BCUT2D eigenvalue weighted by Crippen LogP contribution is 2.29. The molecule has 1 saturated heterocycles. The molecule has 2 amide bonds. The van der Waals surface area contributed by atoms with Gasteiger partial charge in [-0.15, -0.1) is 0 Å². The Morgan fingerprint density at radius 1 is 1.17 bits per heavy atom. The van der Waals surface area contributed by atoms with Crippen molar-refractivity contribution in [1.82, 2.24) is 9.62 Å². The first kappa shape index (κ1) is 22.9. The Balaban J connectivity index is 1.53. The third kappa shape index (κ3) is 5.88. The molecule has 1 saturated carbocycles. The molecule has 0 bridgehead atoms. The fourth-order valence-electron chi connectivity index (χ4n) is 4.01. The summed E-state index contributed by atoms with van der Waals surface area (Å²) in [7, 11) is -3.29. The Bertz CT molecular complexity index is 827. The van der Waals surface area contributed by atoms with Crippen LogP contribution in [0.1, 0.15) is 64.9 Å². The lowest BCUT2D eigenvalue weighted by atomic mass is 10.1. The van der Waals surface area contributed by atoms with Crippen molar-refractivity contribution in [3.8, 4) is 5.75 Å². The monoisotopic (exact) mass is 437 g/mol. The number of likely N-dealkylation sites (tertiary alicyclic amines) is 1. The fourth-order valence-corrected chi connectivity index (χ4v) is 4.98. The maximum atomic E-state index is 12.7. The molecule has 0 unspecified atom stereocenters. The molecular formula is C22H35N3O4S. The summed E-state index contributed by atoms with van der Waals surface area (Å²) in [4.78, 5) is 14.4. The highest BCUT2D eigenvalue weighted by molar-refractivity contribution is 7.90. The summed E-state index contributed by atoms with van der Waals surface area (Å²) in [6.45, 7) is 6.48.